The maximum Gasteiger partial charge on any atom is 0.324 e. The molecule has 450 valence electrons. The number of hydrogen-bond donors (Lipinski definition) is 3. The molecule has 0 aliphatic heterocycles. The monoisotopic (exact) mass is 1110 g/mol. The Morgan fingerprint density at radius 3 is 0.833 bits per heavy atom. The molecule has 0 fully saturated rings. The van der Waals surface area contributed by atoms with E-state index in [0.29, 0.717) is 11.1 Å². The van der Waals surface area contributed by atoms with Crippen molar-refractivity contribution in [3.05, 3.63) is 57.6 Å². The van der Waals surface area contributed by atoms with E-state index in [1.165, 1.54) is 205 Å². The van der Waals surface area contributed by atoms with Crippen LogP contribution in [0.4, 0.5) is 0 Å². The average Bonchev–Trinajstić information content (AvgIpc) is 3.34. The molecule has 2 aromatic rings. The lowest BCUT2D eigenvalue weighted by molar-refractivity contribution is -0.168. The molecule has 0 aliphatic carbocycles. The summed E-state index contributed by atoms with van der Waals surface area (Å²) in [6.45, 7) is 29.4. The lowest BCUT2D eigenvalue weighted by Gasteiger charge is -2.32. The first-order valence-corrected chi connectivity index (χ1v) is 34.3. The Morgan fingerprint density at radius 2 is 0.615 bits per heavy atom. The van der Waals surface area contributed by atoms with Gasteiger partial charge in [-0.1, -0.05) is 301 Å². The molecule has 0 saturated heterocycles. The minimum Gasteiger partial charge on any atom is -0.507 e. The average molecular weight is 1110 g/mol. The van der Waals surface area contributed by atoms with Gasteiger partial charge in [-0.15, -0.1) is 0 Å². The molecule has 0 bridgehead atoms. The number of ether oxygens (including phenoxy) is 1. The fourth-order valence-corrected chi connectivity index (χ4v) is 13.6. The predicted molar refractivity (Wildman–Crippen MR) is 341 cm³/mol. The number of carboxylic acids is 1. The van der Waals surface area contributed by atoms with Crippen LogP contribution in [0.5, 0.6) is 11.5 Å². The van der Waals surface area contributed by atoms with Gasteiger partial charge in [0.15, 0.2) is 5.41 Å². The van der Waals surface area contributed by atoms with Gasteiger partial charge in [-0.3, -0.25) is 9.59 Å². The van der Waals surface area contributed by atoms with Gasteiger partial charge in [0.05, 0.1) is 0 Å². The first-order chi connectivity index (χ1) is 36.8. The van der Waals surface area contributed by atoms with E-state index in [1.54, 1.807) is 0 Å². The van der Waals surface area contributed by atoms with Gasteiger partial charge in [0, 0.05) is 0 Å². The quantitative estimate of drug-likeness (QED) is 0.0265. The Morgan fingerprint density at radius 1 is 0.385 bits per heavy atom. The summed E-state index contributed by atoms with van der Waals surface area (Å²) in [6.07, 6.45) is 43.0. The topological polar surface area (TPSA) is 104 Å². The number of unbranched alkanes of at least 4 members (excludes halogenated alkanes) is 30. The first kappa shape index (κ1) is 71.4. The maximum absolute atomic E-state index is 15.1. The number of carbonyl (C=O) groups is 2. The summed E-state index contributed by atoms with van der Waals surface area (Å²) in [4.78, 5) is 29.3. The normalized spacial score (nSPS) is 12.8. The summed E-state index contributed by atoms with van der Waals surface area (Å²) in [5.74, 6) is 1.51. The fourth-order valence-electron chi connectivity index (χ4n) is 11.4. The highest BCUT2D eigenvalue weighted by atomic mass is 32.2. The molecular formula is C71H125O6S+. The van der Waals surface area contributed by atoms with Crippen molar-refractivity contribution < 1.29 is 29.6 Å². The van der Waals surface area contributed by atoms with E-state index in [2.05, 4.69) is 13.8 Å². The summed E-state index contributed by atoms with van der Waals surface area (Å²) in [5.41, 5.74) is 0.506. The second-order valence-corrected chi connectivity index (χ2v) is 30.7. The highest BCUT2D eigenvalue weighted by molar-refractivity contribution is 7.96. The summed E-state index contributed by atoms with van der Waals surface area (Å²) in [7, 11) is 0.0731. The van der Waals surface area contributed by atoms with E-state index in [0.717, 1.165) is 39.5 Å². The van der Waals surface area contributed by atoms with Gasteiger partial charge >= 0.3 is 11.9 Å². The number of rotatable bonds is 43. The van der Waals surface area contributed by atoms with Gasteiger partial charge in [0.1, 0.15) is 35.4 Å². The van der Waals surface area contributed by atoms with Crippen LogP contribution in [-0.2, 0) is 59.7 Å². The van der Waals surface area contributed by atoms with Crippen molar-refractivity contribution in [2.24, 2.45) is 5.41 Å². The van der Waals surface area contributed by atoms with Crippen molar-refractivity contribution in [2.75, 3.05) is 23.9 Å². The van der Waals surface area contributed by atoms with Crippen molar-refractivity contribution in [1.82, 2.24) is 0 Å². The molecule has 78 heavy (non-hydrogen) atoms. The number of carbonyl (C=O) groups excluding carboxylic acids is 1. The van der Waals surface area contributed by atoms with E-state index in [9.17, 15) is 20.1 Å². The Kier molecular flexibility index (Phi) is 34.3. The highest BCUT2D eigenvalue weighted by Gasteiger charge is 2.49. The summed E-state index contributed by atoms with van der Waals surface area (Å²) < 4.78 is 6.34. The van der Waals surface area contributed by atoms with Gasteiger partial charge in [-0.05, 0) is 104 Å². The lowest BCUT2D eigenvalue weighted by Crippen LogP contribution is -2.45. The van der Waals surface area contributed by atoms with Crippen molar-refractivity contribution in [1.29, 1.82) is 0 Å². The first-order valence-electron chi connectivity index (χ1n) is 32.6. The molecular weight excluding hydrogens is 981 g/mol. The molecule has 2 rings (SSSR count). The molecule has 7 heteroatoms. The molecule has 0 aliphatic rings. The van der Waals surface area contributed by atoms with E-state index >= 15 is 4.79 Å². The van der Waals surface area contributed by atoms with Crippen LogP contribution in [0.3, 0.4) is 0 Å². The number of esters is 1. The highest BCUT2D eigenvalue weighted by Crippen LogP contribution is 2.44. The summed E-state index contributed by atoms with van der Waals surface area (Å²) in [5, 5.41) is 34.9. The minimum atomic E-state index is -1.97. The van der Waals surface area contributed by atoms with Crippen LogP contribution in [0, 0.1) is 5.41 Å². The fraction of sp³-hybridized carbons (Fsp3) is 0.803. The molecule has 0 radical (unpaired) electrons. The van der Waals surface area contributed by atoms with Gasteiger partial charge in [0.2, 0.25) is 0 Å². The van der Waals surface area contributed by atoms with Crippen LogP contribution in [0.15, 0.2) is 24.3 Å². The minimum absolute atomic E-state index is 0.0731. The summed E-state index contributed by atoms with van der Waals surface area (Å²) in [6, 6.07) is 7.62. The van der Waals surface area contributed by atoms with Crippen LogP contribution in [0.1, 0.15) is 336 Å². The van der Waals surface area contributed by atoms with E-state index in [1.807, 2.05) is 107 Å². The van der Waals surface area contributed by atoms with E-state index < -0.39 is 39.0 Å². The van der Waals surface area contributed by atoms with Crippen LogP contribution < -0.4 is 0 Å². The Hall–Kier alpha value is -2.67. The number of phenols is 2. The lowest BCUT2D eigenvalue weighted by atomic mass is 9.71. The third kappa shape index (κ3) is 27.9. The third-order valence-corrected chi connectivity index (χ3v) is 19.0. The largest absolute Gasteiger partial charge is 0.507 e. The van der Waals surface area contributed by atoms with Crippen molar-refractivity contribution in [3.63, 3.8) is 0 Å². The molecule has 0 unspecified atom stereocenters. The smallest absolute Gasteiger partial charge is 0.324 e. The zero-order chi connectivity index (χ0) is 58.3. The van der Waals surface area contributed by atoms with Crippen LogP contribution in [0.25, 0.3) is 0 Å². The van der Waals surface area contributed by atoms with Crippen molar-refractivity contribution in [3.8, 4) is 11.5 Å². The summed E-state index contributed by atoms with van der Waals surface area (Å²) >= 11 is 0. The molecule has 6 nitrogen and oxygen atoms in total. The zero-order valence-electron chi connectivity index (χ0n) is 53.7. The second-order valence-electron chi connectivity index (χ2n) is 28.3. The standard InChI is InChI=1S/C71H124O6S/c1-15-17-19-21-23-25-27-29-31-33-35-37-39-41-43-45-48-78(49-46-44-42-40-38-36-34-32-30-28-26-24-22-20-18-16-2)50-47-77-66(76)71(65(74)75,55-57-51-59(67(3,4)5)63(72)60(52-57)68(6,7)8)56-58-53-61(69(9,10)11)64(73)62(54-58)70(12,13)14/h51-54H,15-50,55-56H2,1-14H3,(H2-,72,73,74,75)/p+1. The number of phenolic OH excluding ortho intramolecular Hbond substituents is 2. The van der Waals surface area contributed by atoms with E-state index in [-0.39, 0.29) is 41.8 Å². The molecule has 0 aromatic heterocycles. The molecule has 0 saturated carbocycles. The van der Waals surface area contributed by atoms with E-state index in [4.69, 9.17) is 4.74 Å². The van der Waals surface area contributed by atoms with Gasteiger partial charge in [-0.2, -0.15) is 0 Å². The van der Waals surface area contributed by atoms with Gasteiger partial charge in [0.25, 0.3) is 0 Å². The molecule has 0 amide bonds. The number of aliphatic carboxylic acids is 1. The SMILES string of the molecule is CCCCCCCCCCCCCCCCCC[S+](CCCCCCCCCCCCCCCCCC)CCOC(=O)C(Cc1cc(C(C)(C)C)c(O)c(C(C)(C)C)c1)(Cc1cc(C(C)(C)C)c(O)c(C(C)(C)C)c1)C(=O)O. The van der Waals surface area contributed by atoms with Crippen LogP contribution >= 0.6 is 0 Å². The van der Waals surface area contributed by atoms with Gasteiger partial charge in [-0.25, -0.2) is 0 Å². The van der Waals surface area contributed by atoms with Crippen molar-refractivity contribution in [2.45, 2.75) is 337 Å². The third-order valence-electron chi connectivity index (χ3n) is 16.6. The van der Waals surface area contributed by atoms with Crippen molar-refractivity contribution >= 4 is 22.8 Å². The number of benzene rings is 2. The molecule has 2 aromatic carbocycles. The number of aromatic hydroxyl groups is 2. The Labute approximate surface area is 485 Å². The van der Waals surface area contributed by atoms with Crippen LogP contribution in [0.2, 0.25) is 0 Å². The molecule has 3 N–H and O–H groups in total. The second kappa shape index (κ2) is 37.4. The Bertz CT molecular complexity index is 1750. The molecule has 0 atom stereocenters. The molecule has 0 heterocycles. The number of carboxylic acid groups (broad SMARTS) is 1. The predicted octanol–water partition coefficient (Wildman–Crippen LogP) is 20.8. The number of hydrogen-bond acceptors (Lipinski definition) is 5. The molecule has 0 spiro atoms. The maximum atomic E-state index is 15.1. The van der Waals surface area contributed by atoms with Crippen LogP contribution in [-0.4, -0.2) is 51.1 Å². The van der Waals surface area contributed by atoms with Gasteiger partial charge < -0.3 is 20.1 Å². The Balaban J connectivity index is 2.27. The zero-order valence-corrected chi connectivity index (χ0v) is 54.5.